The first-order chi connectivity index (χ1) is 9.13. The molecule has 0 heterocycles. The smallest absolute Gasteiger partial charge is 0.144 e. The van der Waals surface area contributed by atoms with Gasteiger partial charge in [-0.3, -0.25) is 0 Å². The molecule has 1 saturated carbocycles. The van der Waals surface area contributed by atoms with Crippen molar-refractivity contribution < 1.29 is 8.78 Å². The molecular weight excluding hydrogens is 336 g/mol. The molecule has 5 heteroatoms. The maximum Gasteiger partial charge on any atom is 0.144 e. The van der Waals surface area contributed by atoms with Crippen molar-refractivity contribution in [1.82, 2.24) is 5.32 Å². The van der Waals surface area contributed by atoms with E-state index in [-0.39, 0.29) is 12.1 Å². The molecule has 0 aromatic heterocycles. The summed E-state index contributed by atoms with van der Waals surface area (Å²) in [6.07, 6.45) is 3.51. The van der Waals surface area contributed by atoms with Gasteiger partial charge >= 0.3 is 0 Å². The van der Waals surface area contributed by atoms with Crippen LogP contribution in [0.3, 0.4) is 0 Å². The maximum atomic E-state index is 13.8. The van der Waals surface area contributed by atoms with Crippen LogP contribution in [0.4, 0.5) is 8.78 Å². The second-order valence-corrected chi connectivity index (χ2v) is 6.22. The summed E-state index contributed by atoms with van der Waals surface area (Å²) in [4.78, 5) is 0. The number of hydrogen-bond donors (Lipinski definition) is 1. The van der Waals surface area contributed by atoms with Gasteiger partial charge in [0.25, 0.3) is 0 Å². The van der Waals surface area contributed by atoms with Crippen LogP contribution in [0.25, 0.3) is 0 Å². The first-order valence-corrected chi connectivity index (χ1v) is 7.85. The molecule has 1 N–H and O–H groups in total. The number of alkyl halides is 1. The Hall–Kier alpha value is -0.190. The zero-order chi connectivity index (χ0) is 13.8. The van der Waals surface area contributed by atoms with Gasteiger partial charge in [0, 0.05) is 18.0 Å². The summed E-state index contributed by atoms with van der Waals surface area (Å²) in [5, 5.41) is 3.16. The van der Waals surface area contributed by atoms with Crippen molar-refractivity contribution in [1.29, 1.82) is 0 Å². The van der Waals surface area contributed by atoms with Gasteiger partial charge in [-0.2, -0.15) is 0 Å². The molecule has 2 rings (SSSR count). The summed E-state index contributed by atoms with van der Waals surface area (Å²) >= 11 is 8.99. The molecule has 0 spiro atoms. The lowest BCUT2D eigenvalue weighted by Gasteiger charge is -2.18. The van der Waals surface area contributed by atoms with Gasteiger partial charge < -0.3 is 5.32 Å². The highest BCUT2D eigenvalue weighted by atomic mass is 79.9. The van der Waals surface area contributed by atoms with Gasteiger partial charge in [-0.15, -0.1) is 11.6 Å². The molecule has 19 heavy (non-hydrogen) atoms. The molecule has 1 aliphatic rings. The minimum atomic E-state index is -0.521. The van der Waals surface area contributed by atoms with Crippen LogP contribution in [-0.2, 0) is 6.54 Å². The molecule has 1 aromatic carbocycles. The van der Waals surface area contributed by atoms with E-state index in [4.69, 9.17) is 11.6 Å². The summed E-state index contributed by atoms with van der Waals surface area (Å²) in [6.45, 7) is 0.978. The fraction of sp³-hybridized carbons (Fsp3) is 0.571. The molecule has 2 atom stereocenters. The van der Waals surface area contributed by atoms with Crippen LogP contribution >= 0.6 is 27.5 Å². The fourth-order valence-corrected chi connectivity index (χ4v) is 3.48. The van der Waals surface area contributed by atoms with E-state index in [9.17, 15) is 8.78 Å². The lowest BCUT2D eigenvalue weighted by atomic mass is 9.98. The first kappa shape index (κ1) is 15.2. The predicted molar refractivity (Wildman–Crippen MR) is 77.3 cm³/mol. The van der Waals surface area contributed by atoms with Crippen molar-refractivity contribution in [2.75, 3.05) is 12.4 Å². The van der Waals surface area contributed by atoms with Crippen molar-refractivity contribution in [2.24, 2.45) is 11.8 Å². The number of benzene rings is 1. The Morgan fingerprint density at radius 2 is 2.00 bits per heavy atom. The Kier molecular flexibility index (Phi) is 5.60. The van der Waals surface area contributed by atoms with Crippen LogP contribution in [-0.4, -0.2) is 12.4 Å². The molecule has 0 aliphatic heterocycles. The van der Waals surface area contributed by atoms with Crippen molar-refractivity contribution in [3.8, 4) is 0 Å². The van der Waals surface area contributed by atoms with Crippen LogP contribution in [0.1, 0.15) is 24.8 Å². The Morgan fingerprint density at radius 3 is 2.74 bits per heavy atom. The van der Waals surface area contributed by atoms with Crippen LogP contribution in [0.2, 0.25) is 0 Å². The van der Waals surface area contributed by atoms with Crippen molar-refractivity contribution in [3.05, 3.63) is 33.8 Å². The first-order valence-electron chi connectivity index (χ1n) is 6.52. The summed E-state index contributed by atoms with van der Waals surface area (Å²) in [5.74, 6) is 0.704. The highest BCUT2D eigenvalue weighted by molar-refractivity contribution is 9.10. The third-order valence-corrected chi connectivity index (χ3v) is 4.87. The van der Waals surface area contributed by atoms with E-state index in [0.717, 1.165) is 19.4 Å². The summed E-state index contributed by atoms with van der Waals surface area (Å²) in [5.41, 5.74) is 0.0924. The minimum absolute atomic E-state index is 0.0924. The van der Waals surface area contributed by atoms with Crippen molar-refractivity contribution in [2.45, 2.75) is 25.8 Å². The summed E-state index contributed by atoms with van der Waals surface area (Å²) in [7, 11) is 0. The molecule has 0 radical (unpaired) electrons. The lowest BCUT2D eigenvalue weighted by Crippen LogP contribution is -2.26. The molecule has 1 aromatic rings. The van der Waals surface area contributed by atoms with E-state index >= 15 is 0 Å². The Bertz CT molecular complexity index is 442. The molecule has 0 bridgehead atoms. The van der Waals surface area contributed by atoms with E-state index in [1.807, 2.05) is 0 Å². The van der Waals surface area contributed by atoms with Crippen LogP contribution in [0, 0.1) is 23.5 Å². The van der Waals surface area contributed by atoms with E-state index in [1.54, 1.807) is 0 Å². The van der Waals surface area contributed by atoms with Gasteiger partial charge in [0.05, 0.1) is 4.47 Å². The Balaban J connectivity index is 1.91. The van der Waals surface area contributed by atoms with Crippen molar-refractivity contribution in [3.63, 3.8) is 0 Å². The average Bonchev–Trinajstić information content (AvgIpc) is 2.85. The second-order valence-electron chi connectivity index (χ2n) is 5.06. The van der Waals surface area contributed by atoms with Gasteiger partial charge in [-0.05, 0) is 59.3 Å². The standard InChI is InChI=1S/C14H17BrClF2N/c15-12-4-5-13(17)11(14(12)18)8-19-7-10-3-1-2-9(10)6-16/h4-5,9-10,19H,1-3,6-8H2. The third kappa shape index (κ3) is 3.67. The van der Waals surface area contributed by atoms with E-state index in [0.29, 0.717) is 22.2 Å². The van der Waals surface area contributed by atoms with Crippen LogP contribution < -0.4 is 5.32 Å². The maximum absolute atomic E-state index is 13.8. The number of nitrogens with one attached hydrogen (secondary N) is 1. The minimum Gasteiger partial charge on any atom is -0.312 e. The third-order valence-electron chi connectivity index (χ3n) is 3.86. The fourth-order valence-electron chi connectivity index (χ4n) is 2.70. The van der Waals surface area contributed by atoms with Crippen molar-refractivity contribution >= 4 is 27.5 Å². The normalized spacial score (nSPS) is 22.9. The number of halogens is 4. The van der Waals surface area contributed by atoms with E-state index in [2.05, 4.69) is 21.2 Å². The molecule has 106 valence electrons. The average molecular weight is 353 g/mol. The van der Waals surface area contributed by atoms with Crippen LogP contribution in [0.15, 0.2) is 16.6 Å². The lowest BCUT2D eigenvalue weighted by molar-refractivity contribution is 0.391. The summed E-state index contributed by atoms with van der Waals surface area (Å²) in [6, 6.07) is 2.66. The zero-order valence-corrected chi connectivity index (χ0v) is 12.9. The molecule has 1 fully saturated rings. The molecule has 0 amide bonds. The van der Waals surface area contributed by atoms with Gasteiger partial charge in [-0.25, -0.2) is 8.78 Å². The number of hydrogen-bond acceptors (Lipinski definition) is 1. The SMILES string of the molecule is Fc1ccc(Br)c(F)c1CNCC1CCCC1CCl. The predicted octanol–water partition coefficient (Wildman–Crippen LogP) is 4.47. The summed E-state index contributed by atoms with van der Waals surface area (Å²) < 4.78 is 27.6. The zero-order valence-electron chi connectivity index (χ0n) is 10.6. The highest BCUT2D eigenvalue weighted by Gasteiger charge is 2.26. The van der Waals surface area contributed by atoms with Gasteiger partial charge in [0.2, 0.25) is 0 Å². The highest BCUT2D eigenvalue weighted by Crippen LogP contribution is 2.32. The second kappa shape index (κ2) is 7.00. The van der Waals surface area contributed by atoms with Crippen LogP contribution in [0.5, 0.6) is 0 Å². The molecule has 1 aliphatic carbocycles. The van der Waals surface area contributed by atoms with E-state index < -0.39 is 11.6 Å². The topological polar surface area (TPSA) is 12.0 Å². The monoisotopic (exact) mass is 351 g/mol. The molecular formula is C14H17BrClF2N. The van der Waals surface area contributed by atoms with E-state index in [1.165, 1.54) is 18.6 Å². The molecule has 1 nitrogen and oxygen atoms in total. The Morgan fingerprint density at radius 1 is 1.26 bits per heavy atom. The quantitative estimate of drug-likeness (QED) is 0.609. The number of rotatable bonds is 5. The van der Waals surface area contributed by atoms with Gasteiger partial charge in [0.1, 0.15) is 11.6 Å². The largest absolute Gasteiger partial charge is 0.312 e. The molecule has 0 saturated heterocycles. The Labute approximate surface area is 125 Å². The van der Waals surface area contributed by atoms with Gasteiger partial charge in [-0.1, -0.05) is 6.42 Å². The molecule has 2 unspecified atom stereocenters. The van der Waals surface area contributed by atoms with Gasteiger partial charge in [0.15, 0.2) is 0 Å².